The van der Waals surface area contributed by atoms with Crippen LogP contribution in [0.15, 0.2) is 24.5 Å². The molecule has 2 heterocycles. The molecule has 0 bridgehead atoms. The molecule has 0 aliphatic carbocycles. The molecule has 3 nitrogen and oxygen atoms in total. The minimum atomic E-state index is 0. The molecule has 0 amide bonds. The fourth-order valence-electron chi connectivity index (χ4n) is 1.54. The average molecular weight is 297 g/mol. The van der Waals surface area contributed by atoms with E-state index in [0.29, 0.717) is 0 Å². The molecule has 0 aromatic carbocycles. The highest BCUT2D eigenvalue weighted by atomic mass is 35.5. The summed E-state index contributed by atoms with van der Waals surface area (Å²) in [6, 6.07) is 3.84. The second-order valence-corrected chi connectivity index (χ2v) is 4.62. The minimum Gasteiger partial charge on any atom is -0.492 e. The van der Waals surface area contributed by atoms with E-state index in [9.17, 15) is 0 Å². The zero-order chi connectivity index (χ0) is 10.3. The molecule has 1 aromatic rings. The fraction of sp³-hybridized carbons (Fsp3) is 0.545. The van der Waals surface area contributed by atoms with E-state index >= 15 is 0 Å². The van der Waals surface area contributed by atoms with Crippen molar-refractivity contribution in [2.75, 3.05) is 31.3 Å². The molecule has 0 unspecified atom stereocenters. The van der Waals surface area contributed by atoms with Gasteiger partial charge in [0.05, 0.1) is 12.8 Å². The van der Waals surface area contributed by atoms with Crippen LogP contribution in [0.25, 0.3) is 0 Å². The van der Waals surface area contributed by atoms with Crippen molar-refractivity contribution in [2.45, 2.75) is 6.42 Å². The molecular formula is C11H18Cl2N2OS. The van der Waals surface area contributed by atoms with E-state index in [1.54, 1.807) is 12.4 Å². The predicted molar refractivity (Wildman–Crippen MR) is 77.7 cm³/mol. The van der Waals surface area contributed by atoms with Gasteiger partial charge in [0.25, 0.3) is 0 Å². The molecule has 0 atom stereocenters. The van der Waals surface area contributed by atoms with Gasteiger partial charge in [0.1, 0.15) is 5.75 Å². The maximum Gasteiger partial charge on any atom is 0.137 e. The lowest BCUT2D eigenvalue weighted by atomic mass is 10.4. The second kappa shape index (κ2) is 9.83. The first-order chi connectivity index (χ1) is 7.45. The van der Waals surface area contributed by atoms with Crippen LogP contribution in [-0.2, 0) is 0 Å². The first kappa shape index (κ1) is 16.8. The van der Waals surface area contributed by atoms with Crippen molar-refractivity contribution in [3.05, 3.63) is 24.5 Å². The molecule has 2 rings (SSSR count). The third kappa shape index (κ3) is 6.36. The highest BCUT2D eigenvalue weighted by Crippen LogP contribution is 2.13. The number of pyridine rings is 1. The Morgan fingerprint density at radius 2 is 2.29 bits per heavy atom. The maximum atomic E-state index is 5.57. The summed E-state index contributed by atoms with van der Waals surface area (Å²) in [7, 11) is 0. The van der Waals surface area contributed by atoms with Crippen molar-refractivity contribution in [3.63, 3.8) is 0 Å². The van der Waals surface area contributed by atoms with E-state index in [0.717, 1.165) is 25.3 Å². The van der Waals surface area contributed by atoms with E-state index < -0.39 is 0 Å². The van der Waals surface area contributed by atoms with Crippen LogP contribution in [-0.4, -0.2) is 41.2 Å². The highest BCUT2D eigenvalue weighted by molar-refractivity contribution is 7.99. The highest BCUT2D eigenvalue weighted by Gasteiger charge is 2.10. The summed E-state index contributed by atoms with van der Waals surface area (Å²) < 4.78 is 5.57. The third-order valence-corrected chi connectivity index (χ3v) is 3.37. The largest absolute Gasteiger partial charge is 0.492 e. The van der Waals surface area contributed by atoms with Crippen LogP contribution < -0.4 is 4.74 Å². The van der Waals surface area contributed by atoms with E-state index in [1.165, 1.54) is 18.2 Å². The quantitative estimate of drug-likeness (QED) is 0.780. The normalized spacial score (nSPS) is 14.8. The maximum absolute atomic E-state index is 5.57. The van der Waals surface area contributed by atoms with Crippen LogP contribution in [0, 0.1) is 0 Å². The molecular weight excluding hydrogens is 279 g/mol. The summed E-state index contributed by atoms with van der Waals surface area (Å²) in [6.45, 7) is 3.16. The summed E-state index contributed by atoms with van der Waals surface area (Å²) in [5, 5.41) is 0. The Bertz CT molecular complexity index is 284. The smallest absolute Gasteiger partial charge is 0.137 e. The Hall–Kier alpha value is -0.160. The number of aromatic nitrogens is 1. The molecule has 1 fully saturated rings. The van der Waals surface area contributed by atoms with Crippen molar-refractivity contribution >= 4 is 36.6 Å². The van der Waals surface area contributed by atoms with E-state index in [1.807, 2.05) is 23.9 Å². The van der Waals surface area contributed by atoms with Crippen LogP contribution in [0.1, 0.15) is 6.42 Å². The predicted octanol–water partition coefficient (Wildman–Crippen LogP) is 2.70. The Balaban J connectivity index is 0.00000128. The standard InChI is InChI=1S/C11H16N2OS.2ClH/c1-3-11(9-12-4-1)14-7-2-5-13-6-8-15-10-13;;/h1,3-4,9H,2,5-8,10H2;2*1H. The van der Waals surface area contributed by atoms with Crippen molar-refractivity contribution < 1.29 is 4.74 Å². The summed E-state index contributed by atoms with van der Waals surface area (Å²) >= 11 is 2.01. The van der Waals surface area contributed by atoms with Gasteiger partial charge in [0.2, 0.25) is 0 Å². The zero-order valence-electron chi connectivity index (χ0n) is 9.58. The third-order valence-electron chi connectivity index (χ3n) is 2.35. The first-order valence-electron chi connectivity index (χ1n) is 5.28. The van der Waals surface area contributed by atoms with Crippen molar-refractivity contribution in [3.8, 4) is 5.75 Å². The lowest BCUT2D eigenvalue weighted by Crippen LogP contribution is -2.22. The molecule has 6 heteroatoms. The summed E-state index contributed by atoms with van der Waals surface area (Å²) in [4.78, 5) is 6.47. The molecule has 0 spiro atoms. The van der Waals surface area contributed by atoms with Crippen LogP contribution in [0.3, 0.4) is 0 Å². The zero-order valence-corrected chi connectivity index (χ0v) is 12.0. The van der Waals surface area contributed by atoms with Gasteiger partial charge in [0.15, 0.2) is 0 Å². The number of ether oxygens (including phenoxy) is 1. The molecule has 1 aliphatic rings. The molecule has 98 valence electrons. The molecule has 0 N–H and O–H groups in total. The number of halogens is 2. The number of nitrogens with zero attached hydrogens (tertiary/aromatic N) is 2. The van der Waals surface area contributed by atoms with Gasteiger partial charge >= 0.3 is 0 Å². The number of thioether (sulfide) groups is 1. The molecule has 1 aliphatic heterocycles. The lowest BCUT2D eigenvalue weighted by molar-refractivity contribution is 0.268. The second-order valence-electron chi connectivity index (χ2n) is 3.55. The van der Waals surface area contributed by atoms with Crippen molar-refractivity contribution in [1.29, 1.82) is 0 Å². The molecule has 1 saturated heterocycles. The molecule has 0 saturated carbocycles. The first-order valence-corrected chi connectivity index (χ1v) is 6.43. The SMILES string of the molecule is Cl.Cl.c1cncc(OCCCN2CCSC2)c1. The van der Waals surface area contributed by atoms with Crippen LogP contribution >= 0.6 is 36.6 Å². The van der Waals surface area contributed by atoms with Gasteiger partial charge < -0.3 is 4.74 Å². The van der Waals surface area contributed by atoms with Crippen LogP contribution in [0.5, 0.6) is 5.75 Å². The molecule has 17 heavy (non-hydrogen) atoms. The van der Waals surface area contributed by atoms with E-state index in [-0.39, 0.29) is 24.8 Å². The van der Waals surface area contributed by atoms with Crippen LogP contribution in [0.2, 0.25) is 0 Å². The van der Waals surface area contributed by atoms with Gasteiger partial charge in [-0.1, -0.05) is 0 Å². The summed E-state index contributed by atoms with van der Waals surface area (Å²) in [6.07, 6.45) is 4.61. The Kier molecular flexibility index (Phi) is 9.74. The molecule has 1 aromatic heterocycles. The van der Waals surface area contributed by atoms with Gasteiger partial charge in [-0.15, -0.1) is 36.6 Å². The van der Waals surface area contributed by atoms with Gasteiger partial charge in [-0.25, -0.2) is 0 Å². The average Bonchev–Trinajstić information content (AvgIpc) is 2.79. The van der Waals surface area contributed by atoms with Gasteiger partial charge in [0, 0.05) is 30.9 Å². The van der Waals surface area contributed by atoms with Gasteiger partial charge in [-0.05, 0) is 18.6 Å². The van der Waals surface area contributed by atoms with Crippen molar-refractivity contribution in [2.24, 2.45) is 0 Å². The topological polar surface area (TPSA) is 25.4 Å². The summed E-state index contributed by atoms with van der Waals surface area (Å²) in [5.41, 5.74) is 0. The molecule has 0 radical (unpaired) electrons. The van der Waals surface area contributed by atoms with Gasteiger partial charge in [-0.3, -0.25) is 9.88 Å². The Morgan fingerprint density at radius 1 is 1.41 bits per heavy atom. The number of hydrogen-bond acceptors (Lipinski definition) is 4. The van der Waals surface area contributed by atoms with Crippen LogP contribution in [0.4, 0.5) is 0 Å². The van der Waals surface area contributed by atoms with E-state index in [2.05, 4.69) is 9.88 Å². The van der Waals surface area contributed by atoms with E-state index in [4.69, 9.17) is 4.74 Å². The Labute approximate surface area is 119 Å². The lowest BCUT2D eigenvalue weighted by Gasteiger charge is -2.13. The number of hydrogen-bond donors (Lipinski definition) is 0. The fourth-order valence-corrected chi connectivity index (χ4v) is 2.57. The minimum absolute atomic E-state index is 0. The van der Waals surface area contributed by atoms with Crippen molar-refractivity contribution in [1.82, 2.24) is 9.88 Å². The monoisotopic (exact) mass is 296 g/mol. The summed E-state index contributed by atoms with van der Waals surface area (Å²) in [5.74, 6) is 3.34. The number of rotatable bonds is 5. The Morgan fingerprint density at radius 3 is 2.94 bits per heavy atom. The van der Waals surface area contributed by atoms with Gasteiger partial charge in [-0.2, -0.15) is 0 Å².